The molecule has 0 aromatic heterocycles. The molecule has 0 bridgehead atoms. The van der Waals surface area contributed by atoms with Crippen molar-refractivity contribution >= 4 is 5.97 Å². The van der Waals surface area contributed by atoms with Crippen LogP contribution < -0.4 is 4.74 Å². The molecular weight excluding hydrogens is 344 g/mol. The predicted molar refractivity (Wildman–Crippen MR) is 90.3 cm³/mol. The summed E-state index contributed by atoms with van der Waals surface area (Å²) in [5.74, 6) is -2.60. The number of carboxylic acids is 1. The summed E-state index contributed by atoms with van der Waals surface area (Å²) < 4.78 is 38.0. The second-order valence-corrected chi connectivity index (χ2v) is 6.03. The van der Waals surface area contributed by atoms with Gasteiger partial charge in [0.05, 0.1) is 19.1 Å². The van der Waals surface area contributed by atoms with Gasteiger partial charge in [0.25, 0.3) is 0 Å². The molecule has 1 atom stereocenters. The summed E-state index contributed by atoms with van der Waals surface area (Å²) in [7, 11) is 0. The second kappa shape index (κ2) is 8.25. The highest BCUT2D eigenvalue weighted by atomic mass is 19.2. The molecule has 0 amide bonds. The molecule has 0 aliphatic carbocycles. The summed E-state index contributed by atoms with van der Waals surface area (Å²) in [6.07, 6.45) is -0.0731. The molecule has 1 saturated heterocycles. The predicted octanol–water partition coefficient (Wildman–Crippen LogP) is 3.61. The van der Waals surface area contributed by atoms with Crippen LogP contribution in [0.4, 0.5) is 8.78 Å². The number of carboxylic acid groups (broad SMARTS) is 1. The minimum absolute atomic E-state index is 0.0959. The van der Waals surface area contributed by atoms with Gasteiger partial charge in [0.1, 0.15) is 5.75 Å². The molecular formula is C19H19F2NO4. The Bertz CT molecular complexity index is 767. The quantitative estimate of drug-likeness (QED) is 0.850. The molecule has 3 rings (SSSR count). The molecule has 1 heterocycles. The first kappa shape index (κ1) is 18.3. The van der Waals surface area contributed by atoms with Gasteiger partial charge < -0.3 is 14.6 Å². The Kier molecular flexibility index (Phi) is 5.80. The maximum atomic E-state index is 13.7. The van der Waals surface area contributed by atoms with Crippen LogP contribution in [0.25, 0.3) is 0 Å². The van der Waals surface area contributed by atoms with Crippen LogP contribution in [-0.2, 0) is 9.53 Å². The number of aliphatic carboxylic acids is 1. The van der Waals surface area contributed by atoms with Gasteiger partial charge in [-0.15, -0.1) is 0 Å². The molecule has 1 aliphatic heterocycles. The summed E-state index contributed by atoms with van der Waals surface area (Å²) in [4.78, 5) is 12.8. The zero-order valence-electron chi connectivity index (χ0n) is 14.0. The summed E-state index contributed by atoms with van der Waals surface area (Å²) in [5.41, 5.74) is 0.914. The maximum Gasteiger partial charge on any atom is 0.304 e. The number of ether oxygens (including phenoxy) is 2. The van der Waals surface area contributed by atoms with Crippen LogP contribution in [0, 0.1) is 11.6 Å². The molecule has 2 aromatic carbocycles. The Morgan fingerprint density at radius 2 is 2.00 bits per heavy atom. The van der Waals surface area contributed by atoms with E-state index >= 15 is 0 Å². The number of hydrogen-bond donors (Lipinski definition) is 1. The molecule has 138 valence electrons. The molecule has 0 saturated carbocycles. The first-order valence-corrected chi connectivity index (χ1v) is 8.30. The van der Waals surface area contributed by atoms with E-state index in [2.05, 4.69) is 4.90 Å². The average molecular weight is 363 g/mol. The van der Waals surface area contributed by atoms with Crippen LogP contribution >= 0.6 is 0 Å². The fourth-order valence-corrected chi connectivity index (χ4v) is 2.80. The van der Waals surface area contributed by atoms with E-state index in [1.54, 1.807) is 24.3 Å². The first-order valence-electron chi connectivity index (χ1n) is 8.30. The molecule has 5 nitrogen and oxygen atoms in total. The van der Waals surface area contributed by atoms with Gasteiger partial charge in [0.15, 0.2) is 11.6 Å². The van der Waals surface area contributed by atoms with Gasteiger partial charge in [-0.25, -0.2) is 4.39 Å². The summed E-state index contributed by atoms with van der Waals surface area (Å²) in [5, 5.41) is 8.79. The van der Waals surface area contributed by atoms with Crippen molar-refractivity contribution in [1.82, 2.24) is 4.90 Å². The van der Waals surface area contributed by atoms with E-state index in [1.165, 1.54) is 12.1 Å². The lowest BCUT2D eigenvalue weighted by Crippen LogP contribution is -2.39. The topological polar surface area (TPSA) is 59.0 Å². The Hall–Kier alpha value is -2.51. The lowest BCUT2D eigenvalue weighted by molar-refractivity contribution is -0.137. The fraction of sp³-hybridized carbons (Fsp3) is 0.316. The molecule has 0 spiro atoms. The number of carbonyl (C=O) groups is 1. The highest BCUT2D eigenvalue weighted by molar-refractivity contribution is 5.66. The zero-order valence-corrected chi connectivity index (χ0v) is 14.0. The van der Waals surface area contributed by atoms with E-state index in [0.717, 1.165) is 11.6 Å². The lowest BCUT2D eigenvalue weighted by Gasteiger charge is -2.32. The molecule has 0 radical (unpaired) electrons. The van der Waals surface area contributed by atoms with Crippen LogP contribution in [0.2, 0.25) is 0 Å². The van der Waals surface area contributed by atoms with Crippen molar-refractivity contribution in [3.05, 3.63) is 59.7 Å². The second-order valence-electron chi connectivity index (χ2n) is 6.03. The van der Waals surface area contributed by atoms with E-state index in [-0.39, 0.29) is 18.3 Å². The third-order valence-electron chi connectivity index (χ3n) is 4.19. The number of morpholine rings is 1. The molecule has 1 aliphatic rings. The monoisotopic (exact) mass is 363 g/mol. The Morgan fingerprint density at radius 1 is 1.23 bits per heavy atom. The van der Waals surface area contributed by atoms with Crippen molar-refractivity contribution in [2.24, 2.45) is 0 Å². The molecule has 26 heavy (non-hydrogen) atoms. The number of halogens is 2. The highest BCUT2D eigenvalue weighted by Gasteiger charge is 2.22. The van der Waals surface area contributed by atoms with Crippen LogP contribution in [0.15, 0.2) is 42.5 Å². The van der Waals surface area contributed by atoms with Gasteiger partial charge in [-0.3, -0.25) is 9.69 Å². The van der Waals surface area contributed by atoms with E-state index in [9.17, 15) is 13.6 Å². The zero-order chi connectivity index (χ0) is 18.5. The maximum absolute atomic E-state index is 13.7. The van der Waals surface area contributed by atoms with Crippen molar-refractivity contribution in [3.8, 4) is 11.5 Å². The van der Waals surface area contributed by atoms with Gasteiger partial charge in [0.2, 0.25) is 5.82 Å². The van der Waals surface area contributed by atoms with Crippen LogP contribution in [0.3, 0.4) is 0 Å². The van der Waals surface area contributed by atoms with Gasteiger partial charge in [-0.1, -0.05) is 18.2 Å². The summed E-state index contributed by atoms with van der Waals surface area (Å²) >= 11 is 0. The number of benzene rings is 2. The van der Waals surface area contributed by atoms with Crippen molar-refractivity contribution in [2.75, 3.05) is 26.2 Å². The van der Waals surface area contributed by atoms with Gasteiger partial charge in [-0.05, 0) is 29.8 Å². The minimum Gasteiger partial charge on any atom is -0.481 e. The average Bonchev–Trinajstić information content (AvgIpc) is 2.65. The Labute approximate surface area is 149 Å². The van der Waals surface area contributed by atoms with Crippen molar-refractivity contribution in [3.63, 3.8) is 0 Å². The van der Waals surface area contributed by atoms with Crippen molar-refractivity contribution in [1.29, 1.82) is 0 Å². The smallest absolute Gasteiger partial charge is 0.304 e. The van der Waals surface area contributed by atoms with E-state index < -0.39 is 17.6 Å². The number of nitrogens with zero attached hydrogens (tertiary/aromatic N) is 1. The molecule has 1 fully saturated rings. The van der Waals surface area contributed by atoms with Gasteiger partial charge >= 0.3 is 5.97 Å². The fourth-order valence-electron chi connectivity index (χ4n) is 2.80. The van der Waals surface area contributed by atoms with E-state index in [4.69, 9.17) is 14.6 Å². The Morgan fingerprint density at radius 3 is 2.73 bits per heavy atom. The highest BCUT2D eigenvalue weighted by Crippen LogP contribution is 2.28. The minimum atomic E-state index is -1.03. The lowest BCUT2D eigenvalue weighted by atomic mass is 10.1. The van der Waals surface area contributed by atoms with Gasteiger partial charge in [0, 0.05) is 19.6 Å². The molecule has 2 aromatic rings. The SMILES string of the molecule is O=C(O)CCN1CCOC(c2ccc(Oc3cccc(F)c3F)cc2)C1. The van der Waals surface area contributed by atoms with Crippen molar-refractivity contribution < 1.29 is 28.2 Å². The largest absolute Gasteiger partial charge is 0.481 e. The third kappa shape index (κ3) is 4.56. The molecule has 1 unspecified atom stereocenters. The standard InChI is InChI=1S/C19H19F2NO4/c20-15-2-1-3-16(19(15)21)26-14-6-4-13(5-7-14)17-12-22(10-11-25-17)9-8-18(23)24/h1-7,17H,8-12H2,(H,23,24). The normalized spacial score (nSPS) is 17.8. The molecule has 1 N–H and O–H groups in total. The number of rotatable bonds is 6. The van der Waals surface area contributed by atoms with Gasteiger partial charge in [-0.2, -0.15) is 4.39 Å². The van der Waals surface area contributed by atoms with E-state index in [1.807, 2.05) is 0 Å². The summed E-state index contributed by atoms with van der Waals surface area (Å²) in [6.45, 7) is 2.31. The third-order valence-corrected chi connectivity index (χ3v) is 4.19. The summed E-state index contributed by atoms with van der Waals surface area (Å²) in [6, 6.07) is 10.7. The van der Waals surface area contributed by atoms with Crippen molar-refractivity contribution in [2.45, 2.75) is 12.5 Å². The van der Waals surface area contributed by atoms with Crippen LogP contribution in [0.5, 0.6) is 11.5 Å². The van der Waals surface area contributed by atoms with Crippen LogP contribution in [0.1, 0.15) is 18.1 Å². The van der Waals surface area contributed by atoms with Crippen LogP contribution in [-0.4, -0.2) is 42.2 Å². The molecule has 7 heteroatoms. The van der Waals surface area contributed by atoms with E-state index in [0.29, 0.717) is 32.0 Å². The first-order chi connectivity index (χ1) is 12.5. The number of hydrogen-bond acceptors (Lipinski definition) is 4. The Balaban J connectivity index is 1.63.